The first-order valence-corrected chi connectivity index (χ1v) is 6.87. The van der Waals surface area contributed by atoms with E-state index < -0.39 is 0 Å². The molecule has 5 nitrogen and oxygen atoms in total. The van der Waals surface area contributed by atoms with E-state index in [0.717, 1.165) is 30.8 Å². The Kier molecular flexibility index (Phi) is 2.60. The number of nitrogens with one attached hydrogen (secondary N) is 1. The molecule has 0 fully saturated rings. The number of aromatic nitrogens is 4. The summed E-state index contributed by atoms with van der Waals surface area (Å²) in [4.78, 5) is 18.0. The molecule has 2 aromatic heterocycles. The Morgan fingerprint density at radius 1 is 1.15 bits per heavy atom. The molecule has 0 atom stereocenters. The number of hydrogen-bond acceptors (Lipinski definition) is 4. The highest BCUT2D eigenvalue weighted by atomic mass is 35.5. The van der Waals surface area contributed by atoms with Crippen LogP contribution in [-0.4, -0.2) is 26.5 Å². The molecule has 20 heavy (non-hydrogen) atoms. The van der Waals surface area contributed by atoms with Crippen molar-refractivity contribution in [3.8, 4) is 0 Å². The lowest BCUT2D eigenvalue weighted by atomic mass is 10.00. The Labute approximate surface area is 120 Å². The van der Waals surface area contributed by atoms with E-state index in [4.69, 9.17) is 11.6 Å². The molecule has 6 heteroatoms. The zero-order valence-electron chi connectivity index (χ0n) is 10.7. The summed E-state index contributed by atoms with van der Waals surface area (Å²) in [6, 6.07) is 8.50. The Bertz CT molecular complexity index is 782. The van der Waals surface area contributed by atoms with Crippen LogP contribution >= 0.6 is 11.6 Å². The molecule has 1 aromatic carbocycles. The van der Waals surface area contributed by atoms with Crippen LogP contribution in [0.2, 0.25) is 5.28 Å². The molecule has 1 N–H and O–H groups in total. The van der Waals surface area contributed by atoms with E-state index in [0.29, 0.717) is 5.65 Å². The average molecular weight is 286 g/mol. The van der Waals surface area contributed by atoms with E-state index in [-0.39, 0.29) is 5.28 Å². The number of imidazole rings is 1. The number of nitrogens with zero attached hydrogens (tertiary/aromatic N) is 4. The van der Waals surface area contributed by atoms with Gasteiger partial charge in [0.2, 0.25) is 5.28 Å². The Morgan fingerprint density at radius 3 is 2.90 bits per heavy atom. The van der Waals surface area contributed by atoms with Crippen molar-refractivity contribution in [2.24, 2.45) is 0 Å². The molecular weight excluding hydrogens is 274 g/mol. The fourth-order valence-electron chi connectivity index (χ4n) is 2.70. The zero-order chi connectivity index (χ0) is 13.5. The maximum atomic E-state index is 6.00. The van der Waals surface area contributed by atoms with Gasteiger partial charge in [0, 0.05) is 13.1 Å². The van der Waals surface area contributed by atoms with Crippen LogP contribution in [0.5, 0.6) is 0 Å². The highest BCUT2D eigenvalue weighted by Gasteiger charge is 2.20. The summed E-state index contributed by atoms with van der Waals surface area (Å²) < 4.78 is 0. The van der Waals surface area contributed by atoms with Gasteiger partial charge in [-0.05, 0) is 29.1 Å². The van der Waals surface area contributed by atoms with Crippen LogP contribution in [0.25, 0.3) is 11.2 Å². The van der Waals surface area contributed by atoms with Crippen LogP contribution in [0, 0.1) is 0 Å². The zero-order valence-corrected chi connectivity index (χ0v) is 11.4. The third-order valence-corrected chi connectivity index (χ3v) is 3.84. The number of H-pyrrole nitrogens is 1. The number of halogens is 1. The molecule has 1 aliphatic rings. The molecule has 0 spiro atoms. The molecular formula is C14H12ClN5. The summed E-state index contributed by atoms with van der Waals surface area (Å²) in [5.41, 5.74) is 4.19. The van der Waals surface area contributed by atoms with Gasteiger partial charge in [-0.25, -0.2) is 4.98 Å². The SMILES string of the molecule is Clc1nc(N2CCc3ccccc3C2)c2[nH]cnc2n1. The molecule has 4 rings (SSSR count). The molecule has 0 aliphatic carbocycles. The van der Waals surface area contributed by atoms with Crippen molar-refractivity contribution in [2.45, 2.75) is 13.0 Å². The number of fused-ring (bicyclic) bond motifs is 2. The number of rotatable bonds is 1. The second-order valence-corrected chi connectivity index (χ2v) is 5.20. The molecule has 100 valence electrons. The highest BCUT2D eigenvalue weighted by Crippen LogP contribution is 2.27. The third-order valence-electron chi connectivity index (χ3n) is 3.67. The fraction of sp³-hybridized carbons (Fsp3) is 0.214. The predicted molar refractivity (Wildman–Crippen MR) is 77.9 cm³/mol. The Balaban J connectivity index is 1.79. The minimum atomic E-state index is 0.235. The van der Waals surface area contributed by atoms with Crippen molar-refractivity contribution in [1.29, 1.82) is 0 Å². The van der Waals surface area contributed by atoms with Crippen LogP contribution in [-0.2, 0) is 13.0 Å². The number of anilines is 1. The van der Waals surface area contributed by atoms with E-state index in [1.54, 1.807) is 6.33 Å². The van der Waals surface area contributed by atoms with Gasteiger partial charge in [0.15, 0.2) is 11.5 Å². The largest absolute Gasteiger partial charge is 0.350 e. The molecule has 0 unspecified atom stereocenters. The monoisotopic (exact) mass is 285 g/mol. The first-order chi connectivity index (χ1) is 9.81. The average Bonchev–Trinajstić information content (AvgIpc) is 2.94. The van der Waals surface area contributed by atoms with E-state index >= 15 is 0 Å². The molecule has 1 aliphatic heterocycles. The first kappa shape index (κ1) is 11.7. The molecule has 0 bridgehead atoms. The lowest BCUT2D eigenvalue weighted by Crippen LogP contribution is -2.31. The summed E-state index contributed by atoms with van der Waals surface area (Å²) in [7, 11) is 0. The second kappa shape index (κ2) is 4.45. The number of hydrogen-bond donors (Lipinski definition) is 1. The van der Waals surface area contributed by atoms with E-state index in [9.17, 15) is 0 Å². The van der Waals surface area contributed by atoms with Crippen LogP contribution in [0.1, 0.15) is 11.1 Å². The van der Waals surface area contributed by atoms with Crippen LogP contribution in [0.3, 0.4) is 0 Å². The van der Waals surface area contributed by atoms with Gasteiger partial charge in [0.25, 0.3) is 0 Å². The maximum Gasteiger partial charge on any atom is 0.226 e. The van der Waals surface area contributed by atoms with Crippen molar-refractivity contribution in [3.05, 3.63) is 47.0 Å². The van der Waals surface area contributed by atoms with Gasteiger partial charge in [-0.15, -0.1) is 0 Å². The fourth-order valence-corrected chi connectivity index (χ4v) is 2.86. The standard InChI is InChI=1S/C14H12ClN5/c15-14-18-12-11(16-8-17-12)13(19-14)20-6-5-9-3-1-2-4-10(9)7-20/h1-4,8H,5-7H2,(H,16,17,18,19). The van der Waals surface area contributed by atoms with Gasteiger partial charge in [-0.3, -0.25) is 0 Å². The van der Waals surface area contributed by atoms with Gasteiger partial charge < -0.3 is 9.88 Å². The first-order valence-electron chi connectivity index (χ1n) is 6.49. The molecule has 0 amide bonds. The Morgan fingerprint density at radius 2 is 2.00 bits per heavy atom. The van der Waals surface area contributed by atoms with E-state index in [1.807, 2.05) is 0 Å². The van der Waals surface area contributed by atoms with Crippen molar-refractivity contribution < 1.29 is 0 Å². The van der Waals surface area contributed by atoms with Gasteiger partial charge in [0.1, 0.15) is 5.52 Å². The van der Waals surface area contributed by atoms with Crippen LogP contribution in [0.4, 0.5) is 5.82 Å². The molecule has 3 aromatic rings. The molecule has 0 saturated heterocycles. The highest BCUT2D eigenvalue weighted by molar-refractivity contribution is 6.28. The smallest absolute Gasteiger partial charge is 0.226 e. The topological polar surface area (TPSA) is 57.7 Å². The summed E-state index contributed by atoms with van der Waals surface area (Å²) >= 11 is 6.00. The molecule has 0 radical (unpaired) electrons. The van der Waals surface area contributed by atoms with Gasteiger partial charge >= 0.3 is 0 Å². The number of aromatic amines is 1. The lowest BCUT2D eigenvalue weighted by molar-refractivity contribution is 0.722. The van der Waals surface area contributed by atoms with E-state index in [1.165, 1.54) is 11.1 Å². The summed E-state index contributed by atoms with van der Waals surface area (Å²) in [6.45, 7) is 1.75. The van der Waals surface area contributed by atoms with Crippen molar-refractivity contribution in [1.82, 2.24) is 19.9 Å². The molecule has 3 heterocycles. The lowest BCUT2D eigenvalue weighted by Gasteiger charge is -2.29. The van der Waals surface area contributed by atoms with E-state index in [2.05, 4.69) is 49.1 Å². The van der Waals surface area contributed by atoms with Crippen molar-refractivity contribution >= 4 is 28.6 Å². The summed E-state index contributed by atoms with van der Waals surface area (Å²) in [5, 5.41) is 0.235. The van der Waals surface area contributed by atoms with Crippen LogP contribution in [0.15, 0.2) is 30.6 Å². The summed E-state index contributed by atoms with van der Waals surface area (Å²) in [6.07, 6.45) is 2.63. The quantitative estimate of drug-likeness (QED) is 0.698. The Hall–Kier alpha value is -2.14. The van der Waals surface area contributed by atoms with Gasteiger partial charge in [-0.2, -0.15) is 9.97 Å². The third kappa shape index (κ3) is 1.82. The van der Waals surface area contributed by atoms with Crippen LogP contribution < -0.4 is 4.90 Å². The van der Waals surface area contributed by atoms with Crippen molar-refractivity contribution in [3.63, 3.8) is 0 Å². The minimum Gasteiger partial charge on any atom is -0.350 e. The predicted octanol–water partition coefficient (Wildman–Crippen LogP) is 2.57. The number of benzene rings is 1. The molecule has 0 saturated carbocycles. The minimum absolute atomic E-state index is 0.235. The summed E-state index contributed by atoms with van der Waals surface area (Å²) in [5.74, 6) is 0.826. The van der Waals surface area contributed by atoms with Crippen molar-refractivity contribution in [2.75, 3.05) is 11.4 Å². The second-order valence-electron chi connectivity index (χ2n) is 4.86. The maximum absolute atomic E-state index is 6.00. The van der Waals surface area contributed by atoms with Gasteiger partial charge in [0.05, 0.1) is 6.33 Å². The van der Waals surface area contributed by atoms with Gasteiger partial charge in [-0.1, -0.05) is 24.3 Å². The normalized spacial score (nSPS) is 14.6.